The second-order valence-electron chi connectivity index (χ2n) is 26.4. The fourth-order valence-electron chi connectivity index (χ4n) is 14.9. The molecule has 2 aliphatic heterocycles. The minimum absolute atomic E-state index is 0.0304. The minimum atomic E-state index is -0.234. The Labute approximate surface area is 436 Å². The van der Waals surface area contributed by atoms with Gasteiger partial charge in [0.25, 0.3) is 6.71 Å². The lowest BCUT2D eigenvalue weighted by molar-refractivity contribution is 0.145. The molecule has 0 spiro atoms. The second-order valence-corrected chi connectivity index (χ2v) is 26.4. The van der Waals surface area contributed by atoms with Crippen molar-refractivity contribution < 1.29 is 0 Å². The van der Waals surface area contributed by atoms with Crippen molar-refractivity contribution in [3.63, 3.8) is 0 Å². The van der Waals surface area contributed by atoms with Gasteiger partial charge in [-0.05, 0) is 159 Å². The number of allylic oxidation sites excluding steroid dienone is 7. The third-order valence-electron chi connectivity index (χ3n) is 20.1. The Balaban J connectivity index is 1.15. The fraction of sp³-hybridized carbons (Fsp3) is 0.371. The van der Waals surface area contributed by atoms with E-state index in [9.17, 15) is 0 Å². The van der Waals surface area contributed by atoms with Gasteiger partial charge < -0.3 is 9.13 Å². The summed E-state index contributed by atoms with van der Waals surface area (Å²) in [6, 6.07) is 38.4. The van der Waals surface area contributed by atoms with E-state index in [2.05, 4.69) is 237 Å². The molecule has 2 nitrogen and oxygen atoms in total. The van der Waals surface area contributed by atoms with Crippen molar-refractivity contribution in [3.8, 4) is 11.4 Å². The van der Waals surface area contributed by atoms with Gasteiger partial charge in [0.05, 0.1) is 0 Å². The first-order valence-electron chi connectivity index (χ1n) is 28.0. The Bertz CT molecular complexity index is 3700. The van der Waals surface area contributed by atoms with Crippen LogP contribution in [0.5, 0.6) is 0 Å². The van der Waals surface area contributed by atoms with Gasteiger partial charge in [0.2, 0.25) is 0 Å². The first kappa shape index (κ1) is 46.7. The van der Waals surface area contributed by atoms with Crippen molar-refractivity contribution in [1.82, 2.24) is 9.13 Å². The molecule has 3 atom stereocenters. The lowest BCUT2D eigenvalue weighted by Gasteiger charge is -2.41. The molecule has 0 radical (unpaired) electrons. The number of benzene rings is 5. The average molecular weight is 955 g/mol. The molecule has 368 valence electrons. The van der Waals surface area contributed by atoms with E-state index in [1.807, 2.05) is 0 Å². The molecule has 5 aromatic carbocycles. The number of aromatic nitrogens is 2. The summed E-state index contributed by atoms with van der Waals surface area (Å²) >= 11 is 0. The first-order chi connectivity index (χ1) is 34.9. The zero-order chi connectivity index (χ0) is 50.6. The molecule has 0 amide bonds. The maximum absolute atomic E-state index is 2.77. The maximum Gasteiger partial charge on any atom is 0.252 e. The third-order valence-corrected chi connectivity index (χ3v) is 20.1. The Hall–Kier alpha value is -6.06. The van der Waals surface area contributed by atoms with Crippen molar-refractivity contribution in [3.05, 3.63) is 189 Å². The minimum Gasteiger partial charge on any atom is -0.311 e. The summed E-state index contributed by atoms with van der Waals surface area (Å²) in [7, 11) is 0. The molecule has 2 aromatic heterocycles. The monoisotopic (exact) mass is 955 g/mol. The molecule has 3 unspecified atom stereocenters. The van der Waals surface area contributed by atoms with Crippen LogP contribution in [0.2, 0.25) is 0 Å². The number of fused-ring (bicyclic) bond motifs is 10. The zero-order valence-electron chi connectivity index (χ0n) is 45.6. The Morgan fingerprint density at radius 1 is 0.589 bits per heavy atom. The molecule has 73 heavy (non-hydrogen) atoms. The van der Waals surface area contributed by atoms with Crippen LogP contribution >= 0.6 is 0 Å². The highest BCUT2D eigenvalue weighted by atomic mass is 15.0. The van der Waals surface area contributed by atoms with E-state index >= 15 is 0 Å². The molecule has 0 fully saturated rings. The topological polar surface area (TPSA) is 9.86 Å². The Morgan fingerprint density at radius 3 is 1.82 bits per heavy atom. The van der Waals surface area contributed by atoms with Crippen LogP contribution in [0, 0.1) is 28.6 Å². The van der Waals surface area contributed by atoms with Gasteiger partial charge in [0.15, 0.2) is 0 Å². The van der Waals surface area contributed by atoms with E-state index in [1.54, 1.807) is 5.57 Å². The molecule has 13 rings (SSSR count). The van der Waals surface area contributed by atoms with E-state index in [1.165, 1.54) is 118 Å². The molecule has 4 heterocycles. The molecule has 0 bridgehead atoms. The van der Waals surface area contributed by atoms with Crippen LogP contribution in [0.25, 0.3) is 51.4 Å². The highest BCUT2D eigenvalue weighted by Crippen LogP contribution is 2.49. The molecule has 0 saturated carbocycles. The van der Waals surface area contributed by atoms with Crippen LogP contribution in [0.3, 0.4) is 0 Å². The van der Waals surface area contributed by atoms with E-state index in [0.717, 1.165) is 25.7 Å². The van der Waals surface area contributed by atoms with Crippen molar-refractivity contribution in [2.45, 2.75) is 137 Å². The summed E-state index contributed by atoms with van der Waals surface area (Å²) in [4.78, 5) is 0. The first-order valence-corrected chi connectivity index (χ1v) is 28.0. The highest BCUT2D eigenvalue weighted by Gasteiger charge is 2.46. The van der Waals surface area contributed by atoms with Gasteiger partial charge in [-0.25, -0.2) is 0 Å². The van der Waals surface area contributed by atoms with Crippen LogP contribution < -0.4 is 27.0 Å². The van der Waals surface area contributed by atoms with Crippen molar-refractivity contribution in [2.24, 2.45) is 28.6 Å². The lowest BCUT2D eigenvalue weighted by atomic mass is 9.33. The molecule has 0 N–H and O–H groups in total. The molecule has 7 aromatic rings. The van der Waals surface area contributed by atoms with E-state index in [4.69, 9.17) is 0 Å². The SMILES string of the molecule is CC(C)(C)c1cc2c3c(c1)-n1c4c(c5cc(C(C)(C)c6ccccc6)cc(c51)B3c1cc(C(C)(C)c3ccccc3)cc3c5c(n-2c13)C=CC(C(C)(C)C1=CC=CCC1)C5)=CC(C(C)(C)C1CC=CCC1)CC=4. The van der Waals surface area contributed by atoms with Gasteiger partial charge in [-0.3, -0.25) is 0 Å². The molecular formula is C70H75BN2. The Morgan fingerprint density at radius 2 is 1.22 bits per heavy atom. The predicted octanol–water partition coefficient (Wildman–Crippen LogP) is 14.1. The standard InChI is InChI=1S/C70H75BN2/c1-66(2,3)50-42-61-63-62(43-50)73-60-35-33-49(68(6,7)45-26-18-13-19-27-45)37-54(60)56-39-52(70(10,11)47-30-22-15-23-31-47)41-58(65(56)73)71(63)57-40-51(69(8,9)46-28-20-14-21-29-46)38-55-53-36-48(32-34-59(53)72(61)64(55)57)67(4,5)44-24-16-12-17-25-44/h12-16,18,20-24,28-32,34-35,37-43,45,48-49H,17,19,25-27,33,36H2,1-11H3. The van der Waals surface area contributed by atoms with E-state index < -0.39 is 0 Å². The van der Waals surface area contributed by atoms with E-state index in [0.29, 0.717) is 17.8 Å². The zero-order valence-corrected chi connectivity index (χ0v) is 45.6. The molecular weight excluding hydrogens is 880 g/mol. The largest absolute Gasteiger partial charge is 0.311 e. The third kappa shape index (κ3) is 6.88. The number of hydrogen-bond donors (Lipinski definition) is 0. The molecule has 6 aliphatic rings. The van der Waals surface area contributed by atoms with Crippen molar-refractivity contribution >= 4 is 63.1 Å². The van der Waals surface area contributed by atoms with Crippen LogP contribution in [-0.4, -0.2) is 15.8 Å². The summed E-state index contributed by atoms with van der Waals surface area (Å²) < 4.78 is 5.53. The molecule has 4 aliphatic carbocycles. The smallest absolute Gasteiger partial charge is 0.252 e. The maximum atomic E-state index is 2.77. The van der Waals surface area contributed by atoms with Crippen LogP contribution in [0.1, 0.15) is 154 Å². The van der Waals surface area contributed by atoms with Crippen LogP contribution in [0.15, 0.2) is 139 Å². The van der Waals surface area contributed by atoms with Gasteiger partial charge in [0.1, 0.15) is 0 Å². The summed E-state index contributed by atoms with van der Waals surface area (Å²) in [6.45, 7) is 27.3. The van der Waals surface area contributed by atoms with Gasteiger partial charge in [-0.2, -0.15) is 0 Å². The van der Waals surface area contributed by atoms with Crippen LogP contribution in [-0.2, 0) is 22.7 Å². The summed E-state index contributed by atoms with van der Waals surface area (Å²) in [5, 5.41) is 5.67. The van der Waals surface area contributed by atoms with Crippen molar-refractivity contribution in [1.29, 1.82) is 0 Å². The summed E-state index contributed by atoms with van der Waals surface area (Å²) in [6.07, 6.45) is 30.5. The number of rotatable bonds is 8. The highest BCUT2D eigenvalue weighted by molar-refractivity contribution is 7.00. The number of hydrogen-bond acceptors (Lipinski definition) is 0. The quantitative estimate of drug-likeness (QED) is 0.106. The predicted molar refractivity (Wildman–Crippen MR) is 314 cm³/mol. The average Bonchev–Trinajstić information content (AvgIpc) is 3.94. The number of nitrogens with zero attached hydrogens (tertiary/aromatic N) is 2. The van der Waals surface area contributed by atoms with E-state index in [-0.39, 0.29) is 33.8 Å². The van der Waals surface area contributed by atoms with Crippen LogP contribution in [0.4, 0.5) is 0 Å². The van der Waals surface area contributed by atoms with Gasteiger partial charge in [-0.1, -0.05) is 203 Å². The summed E-state index contributed by atoms with van der Waals surface area (Å²) in [5.74, 6) is 1.50. The summed E-state index contributed by atoms with van der Waals surface area (Å²) in [5.41, 5.74) is 20.9. The van der Waals surface area contributed by atoms with Gasteiger partial charge in [0, 0.05) is 60.3 Å². The van der Waals surface area contributed by atoms with Gasteiger partial charge >= 0.3 is 0 Å². The lowest BCUT2D eigenvalue weighted by Crippen LogP contribution is -2.60. The second kappa shape index (κ2) is 16.2. The van der Waals surface area contributed by atoms with Gasteiger partial charge in [-0.15, -0.1) is 0 Å². The normalized spacial score (nSPS) is 20.1. The molecule has 3 heteroatoms. The van der Waals surface area contributed by atoms with Crippen molar-refractivity contribution in [2.75, 3.05) is 0 Å². The molecule has 0 saturated heterocycles. The fourth-order valence-corrected chi connectivity index (χ4v) is 14.9. The Kier molecular flexibility index (Phi) is 10.4.